The van der Waals surface area contributed by atoms with Gasteiger partial charge >= 0.3 is 0 Å². The monoisotopic (exact) mass is 329 g/mol. The fourth-order valence-electron chi connectivity index (χ4n) is 2.07. The Morgan fingerprint density at radius 1 is 1.44 bits per heavy atom. The van der Waals surface area contributed by atoms with Gasteiger partial charge in [-0.1, -0.05) is 34.6 Å². The van der Waals surface area contributed by atoms with Crippen LogP contribution in [0.2, 0.25) is 0 Å². The summed E-state index contributed by atoms with van der Waals surface area (Å²) in [6.07, 6.45) is 3.28. The second-order valence-electron chi connectivity index (χ2n) is 4.38. The van der Waals surface area contributed by atoms with Gasteiger partial charge in [0, 0.05) is 10.9 Å². The molecule has 1 aromatic rings. The van der Waals surface area contributed by atoms with Crippen molar-refractivity contribution in [3.63, 3.8) is 0 Å². The molecule has 18 heavy (non-hydrogen) atoms. The Kier molecular flexibility index (Phi) is 4.45. The molecule has 0 radical (unpaired) electrons. The van der Waals surface area contributed by atoms with Gasteiger partial charge in [0.25, 0.3) is 0 Å². The number of benzene rings is 1. The Bertz CT molecular complexity index is 492. The van der Waals surface area contributed by atoms with Gasteiger partial charge in [-0.05, 0) is 31.0 Å². The van der Waals surface area contributed by atoms with Gasteiger partial charge in [0.15, 0.2) is 0 Å². The summed E-state index contributed by atoms with van der Waals surface area (Å²) < 4.78 is 14.3. The lowest BCUT2D eigenvalue weighted by Gasteiger charge is -2.22. The molecule has 1 unspecified atom stereocenters. The molecule has 0 heterocycles. The van der Waals surface area contributed by atoms with Gasteiger partial charge in [-0.25, -0.2) is 4.39 Å². The topological polar surface area (TPSA) is 29.1 Å². The second kappa shape index (κ2) is 5.89. The fourth-order valence-corrected chi connectivity index (χ4v) is 2.76. The maximum absolute atomic E-state index is 13.6. The van der Waals surface area contributed by atoms with Crippen molar-refractivity contribution in [3.8, 4) is 0 Å². The van der Waals surface area contributed by atoms with Gasteiger partial charge < -0.3 is 5.32 Å². The van der Waals surface area contributed by atoms with Crippen LogP contribution in [0.1, 0.15) is 25.7 Å². The maximum atomic E-state index is 13.6. The number of rotatable bonds is 2. The van der Waals surface area contributed by atoms with Crippen LogP contribution in [0.4, 0.5) is 10.1 Å². The van der Waals surface area contributed by atoms with Crippen molar-refractivity contribution >= 4 is 44.6 Å². The minimum Gasteiger partial charge on any atom is -0.347 e. The standard InChI is InChI=1S/C13H13BrFNOS/c14-8-5-6-11(10(15)7-8)16-13(18)9-3-1-2-4-12(9)17/h5-7,9H,1-4H2,(H,16,18). The molecule has 0 amide bonds. The van der Waals surface area contributed by atoms with E-state index in [0.717, 1.165) is 19.3 Å². The third kappa shape index (κ3) is 3.14. The van der Waals surface area contributed by atoms with E-state index in [9.17, 15) is 9.18 Å². The third-order valence-electron chi connectivity index (χ3n) is 3.06. The van der Waals surface area contributed by atoms with Crippen molar-refractivity contribution < 1.29 is 9.18 Å². The SMILES string of the molecule is O=C1CCCCC1C(=S)Nc1ccc(Br)cc1F. The number of halogens is 2. The summed E-state index contributed by atoms with van der Waals surface area (Å²) in [5, 5.41) is 2.85. The highest BCUT2D eigenvalue weighted by molar-refractivity contribution is 9.10. The summed E-state index contributed by atoms with van der Waals surface area (Å²) in [4.78, 5) is 12.2. The van der Waals surface area contributed by atoms with E-state index in [4.69, 9.17) is 12.2 Å². The molecule has 2 nitrogen and oxygen atoms in total. The van der Waals surface area contributed by atoms with Crippen molar-refractivity contribution in [3.05, 3.63) is 28.5 Å². The zero-order chi connectivity index (χ0) is 13.1. The molecule has 1 aliphatic rings. The first-order valence-electron chi connectivity index (χ1n) is 5.86. The summed E-state index contributed by atoms with van der Waals surface area (Å²) in [5.41, 5.74) is 0.321. The van der Waals surface area contributed by atoms with Gasteiger partial charge in [-0.2, -0.15) is 0 Å². The molecule has 1 N–H and O–H groups in total. The lowest BCUT2D eigenvalue weighted by molar-refractivity contribution is -0.122. The van der Waals surface area contributed by atoms with Crippen molar-refractivity contribution in [1.82, 2.24) is 0 Å². The summed E-state index contributed by atoms with van der Waals surface area (Å²) >= 11 is 8.41. The van der Waals surface area contributed by atoms with Crippen molar-refractivity contribution in [2.75, 3.05) is 5.32 Å². The van der Waals surface area contributed by atoms with E-state index in [1.165, 1.54) is 6.07 Å². The van der Waals surface area contributed by atoms with E-state index in [1.807, 2.05) is 0 Å². The Morgan fingerprint density at radius 2 is 2.22 bits per heavy atom. The number of ketones is 1. The first-order valence-corrected chi connectivity index (χ1v) is 7.06. The minimum atomic E-state index is -0.380. The van der Waals surface area contributed by atoms with E-state index >= 15 is 0 Å². The lowest BCUT2D eigenvalue weighted by atomic mass is 9.88. The van der Waals surface area contributed by atoms with Crippen LogP contribution >= 0.6 is 28.1 Å². The van der Waals surface area contributed by atoms with E-state index in [-0.39, 0.29) is 17.5 Å². The van der Waals surface area contributed by atoms with Gasteiger partial charge in [-0.3, -0.25) is 4.79 Å². The molecule has 0 aromatic heterocycles. The molecule has 1 aromatic carbocycles. The second-order valence-corrected chi connectivity index (χ2v) is 5.73. The van der Waals surface area contributed by atoms with Crippen molar-refractivity contribution in [2.45, 2.75) is 25.7 Å². The van der Waals surface area contributed by atoms with Crippen LogP contribution in [-0.2, 0) is 4.79 Å². The maximum Gasteiger partial charge on any atom is 0.147 e. The van der Waals surface area contributed by atoms with Crippen LogP contribution in [0.15, 0.2) is 22.7 Å². The van der Waals surface area contributed by atoms with Crippen LogP contribution in [-0.4, -0.2) is 10.8 Å². The Labute approximate surface area is 119 Å². The Morgan fingerprint density at radius 3 is 2.89 bits per heavy atom. The number of carbonyl (C=O) groups is 1. The minimum absolute atomic E-state index is 0.163. The van der Waals surface area contributed by atoms with Gasteiger partial charge in [-0.15, -0.1) is 0 Å². The first-order chi connectivity index (χ1) is 8.58. The first kappa shape index (κ1) is 13.6. The molecule has 0 aliphatic heterocycles. The lowest BCUT2D eigenvalue weighted by Crippen LogP contribution is -2.30. The van der Waals surface area contributed by atoms with Crippen LogP contribution in [0.3, 0.4) is 0 Å². The molecular weight excluding hydrogens is 317 g/mol. The molecular formula is C13H13BrFNOS. The summed E-state index contributed by atoms with van der Waals surface area (Å²) in [6.45, 7) is 0. The largest absolute Gasteiger partial charge is 0.347 e. The highest BCUT2D eigenvalue weighted by Gasteiger charge is 2.26. The summed E-state index contributed by atoms with van der Waals surface area (Å²) in [6, 6.07) is 4.71. The molecule has 1 saturated carbocycles. The number of carbonyl (C=O) groups excluding carboxylic acids is 1. The molecule has 0 spiro atoms. The van der Waals surface area contributed by atoms with E-state index in [1.54, 1.807) is 12.1 Å². The number of Topliss-reactive ketones (excluding diaryl/α,β-unsaturated/α-hetero) is 1. The molecule has 0 saturated heterocycles. The predicted octanol–water partition coefficient (Wildman–Crippen LogP) is 4.09. The molecule has 1 fully saturated rings. The average molecular weight is 330 g/mol. The van der Waals surface area contributed by atoms with E-state index in [2.05, 4.69) is 21.2 Å². The van der Waals surface area contributed by atoms with Gasteiger partial charge in [0.1, 0.15) is 11.6 Å². The van der Waals surface area contributed by atoms with Crippen molar-refractivity contribution in [1.29, 1.82) is 0 Å². The fraction of sp³-hybridized carbons (Fsp3) is 0.385. The zero-order valence-corrected chi connectivity index (χ0v) is 12.1. The molecule has 5 heteroatoms. The van der Waals surface area contributed by atoms with Crippen LogP contribution < -0.4 is 5.32 Å². The number of anilines is 1. The van der Waals surface area contributed by atoms with Crippen LogP contribution in [0.25, 0.3) is 0 Å². The van der Waals surface area contributed by atoms with Crippen LogP contribution in [0, 0.1) is 11.7 Å². The van der Waals surface area contributed by atoms with Crippen molar-refractivity contribution in [2.24, 2.45) is 5.92 Å². The zero-order valence-electron chi connectivity index (χ0n) is 9.71. The summed E-state index contributed by atoms with van der Waals surface area (Å²) in [7, 11) is 0. The highest BCUT2D eigenvalue weighted by Crippen LogP contribution is 2.25. The van der Waals surface area contributed by atoms with E-state index in [0.29, 0.717) is 21.6 Å². The predicted molar refractivity (Wildman–Crippen MR) is 77.3 cm³/mol. The Balaban J connectivity index is 2.08. The Hall–Kier alpha value is -0.810. The molecule has 1 aliphatic carbocycles. The highest BCUT2D eigenvalue weighted by atomic mass is 79.9. The quantitative estimate of drug-likeness (QED) is 0.828. The number of hydrogen-bond acceptors (Lipinski definition) is 2. The van der Waals surface area contributed by atoms with Gasteiger partial charge in [0.05, 0.1) is 16.6 Å². The molecule has 96 valence electrons. The number of nitrogens with one attached hydrogen (secondary N) is 1. The molecule has 2 rings (SSSR count). The van der Waals surface area contributed by atoms with E-state index < -0.39 is 0 Å². The van der Waals surface area contributed by atoms with Gasteiger partial charge in [0.2, 0.25) is 0 Å². The molecule has 0 bridgehead atoms. The number of hydrogen-bond donors (Lipinski definition) is 1. The average Bonchev–Trinajstić information content (AvgIpc) is 2.33. The normalized spacial score (nSPS) is 19.7. The third-order valence-corrected chi connectivity index (χ3v) is 3.94. The van der Waals surface area contributed by atoms with Crippen LogP contribution in [0.5, 0.6) is 0 Å². The smallest absolute Gasteiger partial charge is 0.147 e. The molecule has 1 atom stereocenters. The number of thiocarbonyl (C=S) groups is 1. The summed E-state index contributed by atoms with van der Waals surface area (Å²) in [5.74, 6) is -0.469.